The topological polar surface area (TPSA) is 58.6 Å². The van der Waals surface area contributed by atoms with E-state index in [2.05, 4.69) is 5.32 Å². The molecule has 1 aliphatic rings. The Labute approximate surface area is 155 Å². The number of carbonyl (C=O) groups excluding carboxylic acids is 2. The van der Waals surface area contributed by atoms with Crippen molar-refractivity contribution in [1.29, 1.82) is 0 Å². The number of halogens is 2. The molecule has 2 aromatic carbocycles. The third kappa shape index (κ3) is 4.51. The number of morpholine rings is 1. The summed E-state index contributed by atoms with van der Waals surface area (Å²) in [5.74, 6) is -0.425. The summed E-state index contributed by atoms with van der Waals surface area (Å²) >= 11 is 11.9. The fourth-order valence-corrected chi connectivity index (χ4v) is 3.09. The normalized spacial score (nSPS) is 14.2. The van der Waals surface area contributed by atoms with E-state index in [9.17, 15) is 9.59 Å². The first-order valence-electron chi connectivity index (χ1n) is 7.77. The molecule has 25 heavy (non-hydrogen) atoms. The highest BCUT2D eigenvalue weighted by Crippen LogP contribution is 2.21. The summed E-state index contributed by atoms with van der Waals surface area (Å²) in [6.45, 7) is 2.21. The van der Waals surface area contributed by atoms with E-state index in [-0.39, 0.29) is 11.8 Å². The molecule has 7 heteroatoms. The molecule has 0 aliphatic carbocycles. The van der Waals surface area contributed by atoms with Crippen LogP contribution in [0.4, 0.5) is 5.69 Å². The molecule has 0 bridgehead atoms. The first kappa shape index (κ1) is 17.7. The van der Waals surface area contributed by atoms with Crippen molar-refractivity contribution >= 4 is 40.7 Å². The molecule has 0 aromatic heterocycles. The lowest BCUT2D eigenvalue weighted by Crippen LogP contribution is -2.40. The predicted octanol–water partition coefficient (Wildman–Crippen LogP) is 3.72. The molecule has 2 aromatic rings. The van der Waals surface area contributed by atoms with Gasteiger partial charge in [0.2, 0.25) is 0 Å². The second-order valence-electron chi connectivity index (χ2n) is 5.60. The van der Waals surface area contributed by atoms with Gasteiger partial charge in [-0.05, 0) is 36.4 Å². The Kier molecular flexibility index (Phi) is 5.58. The minimum absolute atomic E-state index is 0.0785. The average molecular weight is 379 g/mol. The van der Waals surface area contributed by atoms with Crippen LogP contribution in [0, 0.1) is 0 Å². The van der Waals surface area contributed by atoms with E-state index in [1.165, 1.54) is 12.1 Å². The molecule has 0 saturated carbocycles. The molecule has 0 spiro atoms. The highest BCUT2D eigenvalue weighted by Gasteiger charge is 2.19. The number of hydrogen-bond acceptors (Lipinski definition) is 3. The quantitative estimate of drug-likeness (QED) is 0.885. The molecule has 1 saturated heterocycles. The molecule has 130 valence electrons. The van der Waals surface area contributed by atoms with Gasteiger partial charge in [0.15, 0.2) is 0 Å². The number of benzene rings is 2. The molecule has 0 radical (unpaired) electrons. The van der Waals surface area contributed by atoms with Gasteiger partial charge < -0.3 is 15.0 Å². The maximum Gasteiger partial charge on any atom is 0.255 e. The zero-order chi connectivity index (χ0) is 17.8. The van der Waals surface area contributed by atoms with Gasteiger partial charge in [0, 0.05) is 39.9 Å². The van der Waals surface area contributed by atoms with Crippen molar-refractivity contribution in [2.75, 3.05) is 31.6 Å². The fourth-order valence-electron chi connectivity index (χ4n) is 2.57. The smallest absolute Gasteiger partial charge is 0.255 e. The largest absolute Gasteiger partial charge is 0.378 e. The third-order valence-corrected chi connectivity index (χ3v) is 4.23. The average Bonchev–Trinajstić information content (AvgIpc) is 2.61. The lowest BCUT2D eigenvalue weighted by molar-refractivity contribution is 0.0303. The number of carbonyl (C=O) groups is 2. The lowest BCUT2D eigenvalue weighted by Gasteiger charge is -2.27. The third-order valence-electron chi connectivity index (χ3n) is 3.79. The van der Waals surface area contributed by atoms with Gasteiger partial charge in [-0.3, -0.25) is 9.59 Å². The van der Waals surface area contributed by atoms with Crippen molar-refractivity contribution in [2.24, 2.45) is 0 Å². The summed E-state index contributed by atoms with van der Waals surface area (Å²) in [5, 5.41) is 3.53. The molecule has 1 heterocycles. The van der Waals surface area contributed by atoms with Crippen molar-refractivity contribution in [3.05, 3.63) is 63.6 Å². The fraction of sp³-hybridized carbons (Fsp3) is 0.222. The van der Waals surface area contributed by atoms with Crippen molar-refractivity contribution in [3.8, 4) is 0 Å². The Morgan fingerprint density at radius 2 is 1.64 bits per heavy atom. The summed E-state index contributed by atoms with van der Waals surface area (Å²) in [7, 11) is 0. The van der Waals surface area contributed by atoms with Crippen LogP contribution in [-0.2, 0) is 4.74 Å². The van der Waals surface area contributed by atoms with Crippen molar-refractivity contribution in [3.63, 3.8) is 0 Å². The zero-order valence-corrected chi connectivity index (χ0v) is 14.8. The standard InChI is InChI=1S/C18H16Cl2N2O3/c19-14-8-13(9-15(20)11-14)17(23)21-16-3-1-2-12(10-16)18(24)22-4-6-25-7-5-22/h1-3,8-11H,4-7H2,(H,21,23). The molecule has 2 amide bonds. The Hall–Kier alpha value is -2.08. The van der Waals surface area contributed by atoms with E-state index in [4.69, 9.17) is 27.9 Å². The van der Waals surface area contributed by atoms with E-state index in [1.54, 1.807) is 35.2 Å². The Morgan fingerprint density at radius 1 is 0.960 bits per heavy atom. The van der Waals surface area contributed by atoms with E-state index in [0.29, 0.717) is 53.2 Å². The lowest BCUT2D eigenvalue weighted by atomic mass is 10.1. The molecule has 1 N–H and O–H groups in total. The highest BCUT2D eigenvalue weighted by molar-refractivity contribution is 6.35. The summed E-state index contributed by atoms with van der Waals surface area (Å²) < 4.78 is 5.26. The molecule has 1 aliphatic heterocycles. The van der Waals surface area contributed by atoms with Crippen LogP contribution in [0.5, 0.6) is 0 Å². The van der Waals surface area contributed by atoms with E-state index >= 15 is 0 Å². The van der Waals surface area contributed by atoms with Crippen LogP contribution < -0.4 is 5.32 Å². The monoisotopic (exact) mass is 378 g/mol. The van der Waals surface area contributed by atoms with Crippen LogP contribution in [0.2, 0.25) is 10.0 Å². The van der Waals surface area contributed by atoms with Crippen LogP contribution in [0.15, 0.2) is 42.5 Å². The molecule has 1 fully saturated rings. The first-order valence-corrected chi connectivity index (χ1v) is 8.53. The Morgan fingerprint density at radius 3 is 2.32 bits per heavy atom. The SMILES string of the molecule is O=C(Nc1cccc(C(=O)N2CCOCC2)c1)c1cc(Cl)cc(Cl)c1. The summed E-state index contributed by atoms with van der Waals surface area (Å²) in [6, 6.07) is 11.5. The van der Waals surface area contributed by atoms with Gasteiger partial charge in [0.05, 0.1) is 13.2 Å². The molecular weight excluding hydrogens is 363 g/mol. The highest BCUT2D eigenvalue weighted by atomic mass is 35.5. The number of nitrogens with zero attached hydrogens (tertiary/aromatic N) is 1. The van der Waals surface area contributed by atoms with Crippen LogP contribution in [0.3, 0.4) is 0 Å². The number of anilines is 1. The number of rotatable bonds is 3. The second-order valence-corrected chi connectivity index (χ2v) is 6.47. The second kappa shape index (κ2) is 7.87. The van der Waals surface area contributed by atoms with Crippen molar-refractivity contribution < 1.29 is 14.3 Å². The Bertz CT molecular complexity index is 784. The number of ether oxygens (including phenoxy) is 1. The number of nitrogens with one attached hydrogen (secondary N) is 1. The zero-order valence-electron chi connectivity index (χ0n) is 13.3. The summed E-state index contributed by atoms with van der Waals surface area (Å²) in [4.78, 5) is 26.6. The van der Waals surface area contributed by atoms with Crippen LogP contribution >= 0.6 is 23.2 Å². The van der Waals surface area contributed by atoms with E-state index < -0.39 is 0 Å². The maximum atomic E-state index is 12.5. The molecule has 3 rings (SSSR count). The van der Waals surface area contributed by atoms with Crippen LogP contribution in [0.1, 0.15) is 20.7 Å². The van der Waals surface area contributed by atoms with Gasteiger partial charge >= 0.3 is 0 Å². The van der Waals surface area contributed by atoms with Gasteiger partial charge in [0.1, 0.15) is 0 Å². The van der Waals surface area contributed by atoms with Crippen molar-refractivity contribution in [2.45, 2.75) is 0 Å². The minimum Gasteiger partial charge on any atom is -0.378 e. The van der Waals surface area contributed by atoms with E-state index in [1.807, 2.05) is 0 Å². The molecular formula is C18H16Cl2N2O3. The van der Waals surface area contributed by atoms with Crippen molar-refractivity contribution in [1.82, 2.24) is 4.90 Å². The molecule has 5 nitrogen and oxygen atoms in total. The summed E-state index contributed by atoms with van der Waals surface area (Å²) in [5.41, 5.74) is 1.39. The number of hydrogen-bond donors (Lipinski definition) is 1. The molecule has 0 unspecified atom stereocenters. The molecule has 0 atom stereocenters. The van der Waals surface area contributed by atoms with E-state index in [0.717, 1.165) is 0 Å². The van der Waals surface area contributed by atoms with Gasteiger partial charge in [-0.1, -0.05) is 29.3 Å². The van der Waals surface area contributed by atoms with Crippen LogP contribution in [-0.4, -0.2) is 43.0 Å². The Balaban J connectivity index is 1.74. The van der Waals surface area contributed by atoms with Gasteiger partial charge in [0.25, 0.3) is 11.8 Å². The number of amides is 2. The van der Waals surface area contributed by atoms with Gasteiger partial charge in [-0.25, -0.2) is 0 Å². The van der Waals surface area contributed by atoms with Gasteiger partial charge in [-0.15, -0.1) is 0 Å². The minimum atomic E-state index is -0.347. The summed E-state index contributed by atoms with van der Waals surface area (Å²) in [6.07, 6.45) is 0. The predicted molar refractivity (Wildman–Crippen MR) is 97.6 cm³/mol. The van der Waals surface area contributed by atoms with Gasteiger partial charge in [-0.2, -0.15) is 0 Å². The van der Waals surface area contributed by atoms with Crippen LogP contribution in [0.25, 0.3) is 0 Å². The first-order chi connectivity index (χ1) is 12.0. The maximum absolute atomic E-state index is 12.5.